The van der Waals surface area contributed by atoms with Crippen LogP contribution in [-0.2, 0) is 16.1 Å². The molecule has 1 aromatic heterocycles. The molecule has 48 heavy (non-hydrogen) atoms. The van der Waals surface area contributed by atoms with Crippen molar-refractivity contribution in [3.05, 3.63) is 83.2 Å². The van der Waals surface area contributed by atoms with E-state index in [1.807, 2.05) is 32.0 Å². The van der Waals surface area contributed by atoms with E-state index in [4.69, 9.17) is 28.4 Å². The van der Waals surface area contributed by atoms with Gasteiger partial charge in [0.25, 0.3) is 5.91 Å². The Morgan fingerprint density at radius 1 is 0.729 bits per heavy atom. The number of methoxy groups -OCH3 is 6. The van der Waals surface area contributed by atoms with E-state index in [9.17, 15) is 9.59 Å². The Hall–Kier alpha value is -5.17. The molecule has 0 saturated carbocycles. The molecule has 0 bridgehead atoms. The minimum Gasteiger partial charge on any atom is -0.497 e. The molecule has 0 aliphatic rings. The Morgan fingerprint density at radius 3 is 1.85 bits per heavy atom. The van der Waals surface area contributed by atoms with Crippen LogP contribution in [0, 0.1) is 13.8 Å². The van der Waals surface area contributed by atoms with Crippen molar-refractivity contribution in [2.45, 2.75) is 31.6 Å². The van der Waals surface area contributed by atoms with Gasteiger partial charge in [-0.15, -0.1) is 0 Å². The predicted molar refractivity (Wildman–Crippen MR) is 183 cm³/mol. The zero-order chi connectivity index (χ0) is 34.8. The molecular formula is C35H40N4O8S. The third-order valence-corrected chi connectivity index (χ3v) is 8.18. The highest BCUT2D eigenvalue weighted by atomic mass is 32.2. The summed E-state index contributed by atoms with van der Waals surface area (Å²) >= 11 is 1.19. The monoisotopic (exact) mass is 676 g/mol. The lowest BCUT2D eigenvalue weighted by Crippen LogP contribution is -2.42. The number of benzene rings is 3. The highest BCUT2D eigenvalue weighted by Gasteiger charge is 2.34. The first kappa shape index (κ1) is 35.7. The van der Waals surface area contributed by atoms with E-state index in [0.717, 1.165) is 17.0 Å². The number of nitrogens with one attached hydrogen (secondary N) is 1. The van der Waals surface area contributed by atoms with Crippen molar-refractivity contribution in [2.24, 2.45) is 0 Å². The third kappa shape index (κ3) is 8.59. The molecule has 1 heterocycles. The van der Waals surface area contributed by atoms with E-state index in [2.05, 4.69) is 15.3 Å². The van der Waals surface area contributed by atoms with Crippen molar-refractivity contribution in [1.82, 2.24) is 14.9 Å². The summed E-state index contributed by atoms with van der Waals surface area (Å²) in [6, 6.07) is 16.3. The molecule has 0 radical (unpaired) electrons. The van der Waals surface area contributed by atoms with Gasteiger partial charge in [0.1, 0.15) is 23.3 Å². The molecule has 1 atom stereocenters. The van der Waals surface area contributed by atoms with Gasteiger partial charge in [-0.3, -0.25) is 9.59 Å². The maximum atomic E-state index is 14.5. The van der Waals surface area contributed by atoms with E-state index in [1.54, 1.807) is 49.6 Å². The molecule has 4 rings (SSSR count). The number of anilines is 1. The second kappa shape index (κ2) is 16.6. The molecule has 0 spiro atoms. The molecule has 254 valence electrons. The van der Waals surface area contributed by atoms with Crippen LogP contribution in [0.5, 0.6) is 34.5 Å². The van der Waals surface area contributed by atoms with Crippen molar-refractivity contribution in [2.75, 3.05) is 53.7 Å². The number of ether oxygens (including phenoxy) is 6. The van der Waals surface area contributed by atoms with Crippen molar-refractivity contribution in [3.63, 3.8) is 0 Å². The second-order valence-electron chi connectivity index (χ2n) is 10.5. The van der Waals surface area contributed by atoms with Gasteiger partial charge in [0.2, 0.25) is 11.7 Å². The van der Waals surface area contributed by atoms with Crippen molar-refractivity contribution >= 4 is 29.3 Å². The van der Waals surface area contributed by atoms with Crippen LogP contribution in [0.3, 0.4) is 0 Å². The largest absolute Gasteiger partial charge is 0.497 e. The summed E-state index contributed by atoms with van der Waals surface area (Å²) in [7, 11) is 9.07. The van der Waals surface area contributed by atoms with Crippen molar-refractivity contribution in [1.29, 1.82) is 0 Å². The molecule has 2 amide bonds. The van der Waals surface area contributed by atoms with Crippen molar-refractivity contribution < 1.29 is 38.0 Å². The van der Waals surface area contributed by atoms with E-state index in [1.165, 1.54) is 52.2 Å². The number of aryl methyl sites for hydroxylation is 2. The Morgan fingerprint density at radius 2 is 1.31 bits per heavy atom. The quantitative estimate of drug-likeness (QED) is 0.124. The zero-order valence-electron chi connectivity index (χ0n) is 28.3. The molecule has 1 N–H and O–H groups in total. The number of thioether (sulfide) groups is 1. The van der Waals surface area contributed by atoms with Crippen LogP contribution >= 0.6 is 11.8 Å². The van der Waals surface area contributed by atoms with Crippen LogP contribution in [-0.4, -0.2) is 75.1 Å². The van der Waals surface area contributed by atoms with Gasteiger partial charge < -0.3 is 38.6 Å². The molecule has 0 fully saturated rings. The van der Waals surface area contributed by atoms with Gasteiger partial charge in [0, 0.05) is 24.0 Å². The summed E-state index contributed by atoms with van der Waals surface area (Å²) in [5, 5.41) is 3.43. The summed E-state index contributed by atoms with van der Waals surface area (Å²) in [5.41, 5.74) is 3.15. The number of carbonyl (C=O) groups is 2. The lowest BCUT2D eigenvalue weighted by molar-refractivity contribution is -0.137. The van der Waals surface area contributed by atoms with Crippen LogP contribution in [0.15, 0.2) is 65.8 Å². The third-order valence-electron chi connectivity index (χ3n) is 7.35. The first-order chi connectivity index (χ1) is 23.1. The standard InChI is InChI=1S/C35H40N4O8S/c1-21-15-22(2)37-35(36-21)48-20-31(40)39(19-23-9-11-25(42-3)12-10-23)32(24-16-29(45-6)33(47-8)30(17-24)46-7)34(41)38-27-14-13-26(43-4)18-28(27)44-5/h9-18,32H,19-20H2,1-8H3,(H,38,41). The Balaban J connectivity index is 1.85. The lowest BCUT2D eigenvalue weighted by Gasteiger charge is -2.32. The average molecular weight is 677 g/mol. The highest BCUT2D eigenvalue weighted by molar-refractivity contribution is 7.99. The Kier molecular flexibility index (Phi) is 12.3. The SMILES string of the molecule is COc1ccc(CN(C(=O)CSc2nc(C)cc(C)n2)C(C(=O)Nc2ccc(OC)cc2OC)c2cc(OC)c(OC)c(OC)c2)cc1. The van der Waals surface area contributed by atoms with E-state index in [-0.39, 0.29) is 18.2 Å². The summed E-state index contributed by atoms with van der Waals surface area (Å²) in [6.07, 6.45) is 0. The van der Waals surface area contributed by atoms with Crippen LogP contribution in [0.1, 0.15) is 28.6 Å². The van der Waals surface area contributed by atoms with E-state index >= 15 is 0 Å². The van der Waals surface area contributed by atoms with Gasteiger partial charge >= 0.3 is 0 Å². The highest BCUT2D eigenvalue weighted by Crippen LogP contribution is 2.42. The maximum absolute atomic E-state index is 14.5. The molecule has 12 nitrogen and oxygen atoms in total. The minimum absolute atomic E-state index is 0.0426. The number of rotatable bonds is 15. The van der Waals surface area contributed by atoms with Crippen LogP contribution in [0.4, 0.5) is 5.69 Å². The molecule has 4 aromatic rings. The Labute approximate surface area is 284 Å². The summed E-state index contributed by atoms with van der Waals surface area (Å²) in [5.74, 6) is 1.67. The number of nitrogens with zero attached hydrogens (tertiary/aromatic N) is 3. The molecule has 13 heteroatoms. The maximum Gasteiger partial charge on any atom is 0.251 e. The summed E-state index contributed by atoms with van der Waals surface area (Å²) in [4.78, 5) is 39.3. The fraction of sp³-hybridized carbons (Fsp3) is 0.314. The van der Waals surface area contributed by atoms with Crippen LogP contribution in [0.2, 0.25) is 0 Å². The second-order valence-corrected chi connectivity index (χ2v) is 11.5. The number of hydrogen-bond acceptors (Lipinski definition) is 11. The van der Waals surface area contributed by atoms with Crippen molar-refractivity contribution in [3.8, 4) is 34.5 Å². The molecule has 3 aromatic carbocycles. The van der Waals surface area contributed by atoms with Crippen LogP contribution < -0.4 is 33.7 Å². The summed E-state index contributed by atoms with van der Waals surface area (Å²) < 4.78 is 33.0. The number of aromatic nitrogens is 2. The van der Waals surface area contributed by atoms with E-state index in [0.29, 0.717) is 50.9 Å². The molecule has 1 unspecified atom stereocenters. The first-order valence-corrected chi connectivity index (χ1v) is 15.8. The molecular weight excluding hydrogens is 636 g/mol. The fourth-order valence-electron chi connectivity index (χ4n) is 5.05. The van der Waals surface area contributed by atoms with Gasteiger partial charge in [-0.25, -0.2) is 9.97 Å². The van der Waals surface area contributed by atoms with Gasteiger partial charge in [0.15, 0.2) is 16.7 Å². The zero-order valence-corrected chi connectivity index (χ0v) is 29.1. The fourth-order valence-corrected chi connectivity index (χ4v) is 5.89. The topological polar surface area (TPSA) is 131 Å². The van der Waals surface area contributed by atoms with Gasteiger partial charge in [-0.2, -0.15) is 0 Å². The smallest absolute Gasteiger partial charge is 0.251 e. The number of hydrogen-bond donors (Lipinski definition) is 1. The normalized spacial score (nSPS) is 11.2. The van der Waals surface area contributed by atoms with Gasteiger partial charge in [-0.1, -0.05) is 23.9 Å². The molecule has 0 saturated heterocycles. The Bertz CT molecular complexity index is 1690. The lowest BCUT2D eigenvalue weighted by atomic mass is 10.0. The molecule has 0 aliphatic carbocycles. The van der Waals surface area contributed by atoms with Crippen LogP contribution in [0.25, 0.3) is 0 Å². The number of amides is 2. The predicted octanol–water partition coefficient (Wildman–Crippen LogP) is 5.65. The summed E-state index contributed by atoms with van der Waals surface area (Å²) in [6.45, 7) is 3.81. The first-order valence-electron chi connectivity index (χ1n) is 14.8. The average Bonchev–Trinajstić information content (AvgIpc) is 3.09. The number of carbonyl (C=O) groups excluding carboxylic acids is 2. The minimum atomic E-state index is -1.18. The van der Waals surface area contributed by atoms with Gasteiger partial charge in [-0.05, 0) is 67.4 Å². The van der Waals surface area contributed by atoms with E-state index < -0.39 is 11.9 Å². The molecule has 0 aliphatic heterocycles. The van der Waals surface area contributed by atoms with Gasteiger partial charge in [0.05, 0.1) is 54.1 Å².